The maximum absolute atomic E-state index is 12.4. The summed E-state index contributed by atoms with van der Waals surface area (Å²) in [6, 6.07) is 2.94. The van der Waals surface area contributed by atoms with Crippen LogP contribution in [0, 0.1) is 0 Å². The minimum absolute atomic E-state index is 0. The van der Waals surface area contributed by atoms with Crippen molar-refractivity contribution in [2.45, 2.75) is 19.1 Å². The van der Waals surface area contributed by atoms with Gasteiger partial charge in [-0.05, 0) is 19.1 Å². The highest BCUT2D eigenvalue weighted by Crippen LogP contribution is 2.34. The summed E-state index contributed by atoms with van der Waals surface area (Å²) in [7, 11) is 1.32. The molecular formula is C10H13ClF3NO. The van der Waals surface area contributed by atoms with Gasteiger partial charge in [0.1, 0.15) is 5.75 Å². The van der Waals surface area contributed by atoms with Gasteiger partial charge in [-0.25, -0.2) is 0 Å². The second kappa shape index (κ2) is 5.41. The van der Waals surface area contributed by atoms with Crippen molar-refractivity contribution in [3.63, 3.8) is 0 Å². The van der Waals surface area contributed by atoms with Gasteiger partial charge in [-0.3, -0.25) is 0 Å². The van der Waals surface area contributed by atoms with E-state index < -0.39 is 11.7 Å². The Balaban J connectivity index is 0.00000225. The normalized spacial score (nSPS) is 12.9. The molecule has 1 aromatic carbocycles. The van der Waals surface area contributed by atoms with Gasteiger partial charge in [-0.2, -0.15) is 13.2 Å². The number of rotatable bonds is 2. The third-order valence-electron chi connectivity index (χ3n) is 2.05. The zero-order valence-electron chi connectivity index (χ0n) is 8.84. The second-order valence-corrected chi connectivity index (χ2v) is 3.24. The number of hydrogen-bond donors (Lipinski definition) is 1. The first-order valence-electron chi connectivity index (χ1n) is 4.37. The van der Waals surface area contributed by atoms with Gasteiger partial charge in [0.15, 0.2) is 0 Å². The largest absolute Gasteiger partial charge is 0.496 e. The van der Waals surface area contributed by atoms with Crippen molar-refractivity contribution in [1.29, 1.82) is 0 Å². The molecule has 92 valence electrons. The minimum Gasteiger partial charge on any atom is -0.496 e. The topological polar surface area (TPSA) is 35.2 Å². The van der Waals surface area contributed by atoms with Crippen LogP contribution in [0.5, 0.6) is 5.75 Å². The van der Waals surface area contributed by atoms with Crippen molar-refractivity contribution < 1.29 is 17.9 Å². The standard InChI is InChI=1S/C10H12F3NO.ClH/c1-6(14)8-4-3-7(10(11,12)13)5-9(8)15-2;/h3-6H,14H2,1-2H3;1H/t6-;/m0./s1. The zero-order valence-corrected chi connectivity index (χ0v) is 9.65. The molecule has 0 saturated carbocycles. The Morgan fingerprint density at radius 1 is 1.31 bits per heavy atom. The Hall–Kier alpha value is -0.940. The summed E-state index contributed by atoms with van der Waals surface area (Å²) in [6.45, 7) is 1.69. The molecule has 16 heavy (non-hydrogen) atoms. The quantitative estimate of drug-likeness (QED) is 0.881. The maximum atomic E-state index is 12.4. The molecule has 2 N–H and O–H groups in total. The van der Waals surface area contributed by atoms with E-state index in [2.05, 4.69) is 0 Å². The van der Waals surface area contributed by atoms with E-state index in [1.165, 1.54) is 13.2 Å². The summed E-state index contributed by atoms with van der Waals surface area (Å²) in [4.78, 5) is 0. The lowest BCUT2D eigenvalue weighted by Gasteiger charge is -2.14. The monoisotopic (exact) mass is 255 g/mol. The van der Waals surface area contributed by atoms with Crippen molar-refractivity contribution >= 4 is 12.4 Å². The van der Waals surface area contributed by atoms with Crippen molar-refractivity contribution in [3.8, 4) is 5.75 Å². The van der Waals surface area contributed by atoms with Crippen molar-refractivity contribution in [2.24, 2.45) is 5.73 Å². The summed E-state index contributed by atoms with van der Waals surface area (Å²) < 4.78 is 41.9. The molecule has 2 nitrogen and oxygen atoms in total. The number of alkyl halides is 3. The molecule has 0 aliphatic carbocycles. The summed E-state index contributed by atoms with van der Waals surface area (Å²) in [5.74, 6) is 0.167. The van der Waals surface area contributed by atoms with E-state index in [4.69, 9.17) is 10.5 Å². The molecule has 0 saturated heterocycles. The van der Waals surface area contributed by atoms with Gasteiger partial charge in [0, 0.05) is 11.6 Å². The van der Waals surface area contributed by atoms with Gasteiger partial charge in [0.25, 0.3) is 0 Å². The highest BCUT2D eigenvalue weighted by molar-refractivity contribution is 5.85. The van der Waals surface area contributed by atoms with Crippen LogP contribution in [-0.2, 0) is 6.18 Å². The van der Waals surface area contributed by atoms with Crippen LogP contribution in [0.2, 0.25) is 0 Å². The lowest BCUT2D eigenvalue weighted by Crippen LogP contribution is -2.10. The van der Waals surface area contributed by atoms with E-state index in [0.29, 0.717) is 5.56 Å². The highest BCUT2D eigenvalue weighted by Gasteiger charge is 2.31. The van der Waals surface area contributed by atoms with Crippen LogP contribution >= 0.6 is 12.4 Å². The van der Waals surface area contributed by atoms with Gasteiger partial charge in [-0.15, -0.1) is 12.4 Å². The molecule has 0 aliphatic heterocycles. The molecule has 0 fully saturated rings. The molecule has 0 aromatic heterocycles. The zero-order chi connectivity index (χ0) is 11.6. The van der Waals surface area contributed by atoms with Gasteiger partial charge in [0.2, 0.25) is 0 Å². The van der Waals surface area contributed by atoms with Crippen molar-refractivity contribution in [3.05, 3.63) is 29.3 Å². The van der Waals surface area contributed by atoms with Crippen LogP contribution < -0.4 is 10.5 Å². The molecule has 1 rings (SSSR count). The van der Waals surface area contributed by atoms with Gasteiger partial charge >= 0.3 is 6.18 Å². The van der Waals surface area contributed by atoms with Crippen LogP contribution in [0.15, 0.2) is 18.2 Å². The Morgan fingerprint density at radius 3 is 2.25 bits per heavy atom. The van der Waals surface area contributed by atoms with Crippen molar-refractivity contribution in [1.82, 2.24) is 0 Å². The predicted molar refractivity (Wildman–Crippen MR) is 57.8 cm³/mol. The average molecular weight is 256 g/mol. The van der Waals surface area contributed by atoms with Crippen molar-refractivity contribution in [2.75, 3.05) is 7.11 Å². The third kappa shape index (κ3) is 3.28. The van der Waals surface area contributed by atoms with Crippen LogP contribution in [0.3, 0.4) is 0 Å². The Bertz CT molecular complexity index is 352. The van der Waals surface area contributed by atoms with E-state index in [1.54, 1.807) is 6.92 Å². The molecular weight excluding hydrogens is 243 g/mol. The lowest BCUT2D eigenvalue weighted by atomic mass is 10.0. The fraction of sp³-hybridized carbons (Fsp3) is 0.400. The van der Waals surface area contributed by atoms with E-state index in [1.807, 2.05) is 0 Å². The molecule has 0 heterocycles. The Labute approximate surface area is 98.0 Å². The smallest absolute Gasteiger partial charge is 0.416 e. The van der Waals surface area contributed by atoms with Crippen LogP contribution in [0.25, 0.3) is 0 Å². The minimum atomic E-state index is -4.36. The number of benzene rings is 1. The first kappa shape index (κ1) is 15.1. The molecule has 0 aliphatic rings. The summed E-state index contributed by atoms with van der Waals surface area (Å²) in [5, 5.41) is 0. The van der Waals surface area contributed by atoms with Crippen LogP contribution in [0.1, 0.15) is 24.1 Å². The molecule has 0 radical (unpaired) electrons. The summed E-state index contributed by atoms with van der Waals surface area (Å²) in [5.41, 5.74) is 5.42. The van der Waals surface area contributed by atoms with E-state index in [9.17, 15) is 13.2 Å². The fourth-order valence-electron chi connectivity index (χ4n) is 1.26. The maximum Gasteiger partial charge on any atom is 0.416 e. The fourth-order valence-corrected chi connectivity index (χ4v) is 1.26. The number of methoxy groups -OCH3 is 1. The lowest BCUT2D eigenvalue weighted by molar-refractivity contribution is -0.137. The second-order valence-electron chi connectivity index (χ2n) is 3.24. The van der Waals surface area contributed by atoms with E-state index in [-0.39, 0.29) is 24.2 Å². The first-order chi connectivity index (χ1) is 6.86. The molecule has 6 heteroatoms. The predicted octanol–water partition coefficient (Wildman–Crippen LogP) is 3.16. The highest BCUT2D eigenvalue weighted by atomic mass is 35.5. The van der Waals surface area contributed by atoms with E-state index >= 15 is 0 Å². The molecule has 0 unspecified atom stereocenters. The van der Waals surface area contributed by atoms with Gasteiger partial charge in [0.05, 0.1) is 12.7 Å². The molecule has 1 aromatic rings. The summed E-state index contributed by atoms with van der Waals surface area (Å²) >= 11 is 0. The van der Waals surface area contributed by atoms with Gasteiger partial charge in [-0.1, -0.05) is 6.07 Å². The van der Waals surface area contributed by atoms with Crippen LogP contribution in [-0.4, -0.2) is 7.11 Å². The van der Waals surface area contributed by atoms with Gasteiger partial charge < -0.3 is 10.5 Å². The molecule has 0 bridgehead atoms. The molecule has 0 spiro atoms. The first-order valence-corrected chi connectivity index (χ1v) is 4.37. The van der Waals surface area contributed by atoms with Crippen LogP contribution in [0.4, 0.5) is 13.2 Å². The SMILES string of the molecule is COc1cc(C(F)(F)F)ccc1[C@H](C)N.Cl. The summed E-state index contributed by atoms with van der Waals surface area (Å²) in [6.07, 6.45) is -4.36. The number of nitrogens with two attached hydrogens (primary N) is 1. The Kier molecular flexibility index (Phi) is 5.09. The average Bonchev–Trinajstić information content (AvgIpc) is 2.15. The number of ether oxygens (including phenoxy) is 1. The Morgan fingerprint density at radius 2 is 1.88 bits per heavy atom. The van der Waals surface area contributed by atoms with E-state index in [0.717, 1.165) is 12.1 Å². The third-order valence-corrected chi connectivity index (χ3v) is 2.05. The molecule has 0 amide bonds. The molecule has 1 atom stereocenters. The number of halogens is 4. The number of hydrogen-bond acceptors (Lipinski definition) is 2.